The summed E-state index contributed by atoms with van der Waals surface area (Å²) in [6.45, 7) is 4.17. The molecule has 0 bridgehead atoms. The van der Waals surface area contributed by atoms with Gasteiger partial charge in [0.25, 0.3) is 23.6 Å². The van der Waals surface area contributed by atoms with E-state index < -0.39 is 59.9 Å². The second-order valence-electron chi connectivity index (χ2n) is 15.5. The first-order valence-corrected chi connectivity index (χ1v) is 22.6. The quantitative estimate of drug-likeness (QED) is 0.0610. The van der Waals surface area contributed by atoms with Crippen molar-refractivity contribution in [2.24, 2.45) is 5.92 Å². The summed E-state index contributed by atoms with van der Waals surface area (Å²) >= 11 is 5.78. The Balaban J connectivity index is 0.000000193. The van der Waals surface area contributed by atoms with Gasteiger partial charge in [0.05, 0.1) is 22.3 Å². The van der Waals surface area contributed by atoms with Gasteiger partial charge in [0, 0.05) is 11.5 Å². The lowest BCUT2D eigenvalue weighted by Gasteiger charge is -2.27. The highest BCUT2D eigenvalue weighted by molar-refractivity contribution is 7.99. The molecule has 64 heavy (non-hydrogen) atoms. The Kier molecular flexibility index (Phi) is 14.9. The van der Waals surface area contributed by atoms with Gasteiger partial charge in [-0.15, -0.1) is 0 Å². The molecule has 0 spiro atoms. The molecule has 12 heteroatoms. The van der Waals surface area contributed by atoms with Crippen LogP contribution in [0.4, 0.5) is 0 Å². The van der Waals surface area contributed by atoms with Crippen LogP contribution in [0, 0.1) is 5.92 Å². The van der Waals surface area contributed by atoms with Crippen molar-refractivity contribution in [2.75, 3.05) is 17.3 Å². The van der Waals surface area contributed by atoms with E-state index in [4.69, 9.17) is 9.47 Å². The normalized spacial score (nSPS) is 14.0. The number of amides is 4. The first-order valence-electron chi connectivity index (χ1n) is 20.8. The maximum atomic E-state index is 13.6. The number of ether oxygens (including phenoxy) is 2. The summed E-state index contributed by atoms with van der Waals surface area (Å²) < 4.78 is 11.9. The predicted octanol–water partition coefficient (Wildman–Crippen LogP) is 9.29. The standard InChI is InChI=1S/C28H27NO4S.C24H19NO4S/c1-19(2)17-34-18-24(29-26(30)22-15-9-10-16-23(22)27(29)31)28(32)33-25(20-11-5-3-6-12-20)21-13-7-4-8-14-21;26-22-18-13-7-8-14-19(18)23(27)25(22)20(15-30)24(28)29-21(16-9-3-1-4-10-16)17-11-5-2-6-12-17/h3-16,19,24-25H,17-18H2,1-2H3;1-14,20-21,30H,15H2. The highest BCUT2D eigenvalue weighted by Crippen LogP contribution is 2.32. The Bertz CT molecular complexity index is 2460. The summed E-state index contributed by atoms with van der Waals surface area (Å²) in [6.07, 6.45) is -1.32. The number of rotatable bonds is 15. The molecule has 2 unspecified atom stereocenters. The minimum Gasteiger partial charge on any atom is -0.451 e. The molecular weight excluding hydrogens is 845 g/mol. The third-order valence-electron chi connectivity index (χ3n) is 10.6. The Labute approximate surface area is 382 Å². The van der Waals surface area contributed by atoms with Crippen molar-refractivity contribution in [1.29, 1.82) is 0 Å². The third kappa shape index (κ3) is 10.0. The summed E-state index contributed by atoms with van der Waals surface area (Å²) in [7, 11) is 0. The number of imide groups is 2. The van der Waals surface area contributed by atoms with Crippen molar-refractivity contribution < 1.29 is 38.2 Å². The number of carbonyl (C=O) groups is 6. The van der Waals surface area contributed by atoms with Crippen LogP contribution in [0.3, 0.4) is 0 Å². The minimum absolute atomic E-state index is 0.0411. The number of thioether (sulfide) groups is 1. The van der Waals surface area contributed by atoms with Crippen molar-refractivity contribution in [3.05, 3.63) is 214 Å². The van der Waals surface area contributed by atoms with E-state index in [0.717, 1.165) is 37.8 Å². The highest BCUT2D eigenvalue weighted by Gasteiger charge is 2.45. The first-order chi connectivity index (χ1) is 31.1. The number of thiol groups is 1. The van der Waals surface area contributed by atoms with Gasteiger partial charge in [-0.3, -0.25) is 29.0 Å². The fraction of sp³-hybridized carbons (Fsp3) is 0.192. The van der Waals surface area contributed by atoms with Gasteiger partial charge in [-0.2, -0.15) is 24.4 Å². The lowest BCUT2D eigenvalue weighted by atomic mass is 10.0. The fourth-order valence-corrected chi connectivity index (χ4v) is 8.89. The van der Waals surface area contributed by atoms with Crippen LogP contribution < -0.4 is 0 Å². The van der Waals surface area contributed by atoms with Crippen molar-refractivity contribution in [2.45, 2.75) is 38.1 Å². The number of esters is 2. The second kappa shape index (κ2) is 21.1. The predicted molar refractivity (Wildman–Crippen MR) is 249 cm³/mol. The lowest BCUT2D eigenvalue weighted by Crippen LogP contribution is -2.47. The molecule has 6 aromatic rings. The van der Waals surface area contributed by atoms with Crippen molar-refractivity contribution >= 4 is 60.0 Å². The molecule has 4 amide bonds. The Morgan fingerprint density at radius 3 is 1.03 bits per heavy atom. The van der Waals surface area contributed by atoms with Crippen molar-refractivity contribution in [3.8, 4) is 0 Å². The van der Waals surface area contributed by atoms with Gasteiger partial charge in [-0.25, -0.2) is 9.59 Å². The molecule has 0 N–H and O–H groups in total. The molecule has 10 nitrogen and oxygen atoms in total. The number of fused-ring (bicyclic) bond motifs is 2. The Hall–Kier alpha value is -6.76. The van der Waals surface area contributed by atoms with Crippen molar-refractivity contribution in [1.82, 2.24) is 9.80 Å². The molecular formula is C52H46N2O8S2. The van der Waals surface area contributed by atoms with Crippen LogP contribution >= 0.6 is 24.4 Å². The second-order valence-corrected chi connectivity index (χ2v) is 16.9. The third-order valence-corrected chi connectivity index (χ3v) is 12.4. The molecule has 0 saturated carbocycles. The topological polar surface area (TPSA) is 127 Å². The summed E-state index contributed by atoms with van der Waals surface area (Å²) in [5.74, 6) is -1.77. The van der Waals surface area contributed by atoms with E-state index >= 15 is 0 Å². The van der Waals surface area contributed by atoms with Crippen LogP contribution in [0.1, 0.15) is 89.7 Å². The molecule has 0 aliphatic carbocycles. The molecule has 0 fully saturated rings. The molecule has 2 atom stereocenters. The molecule has 0 radical (unpaired) electrons. The zero-order chi connectivity index (χ0) is 45.2. The van der Waals surface area contributed by atoms with Crippen molar-refractivity contribution in [3.63, 3.8) is 0 Å². The lowest BCUT2D eigenvalue weighted by molar-refractivity contribution is -0.152. The smallest absolute Gasteiger partial charge is 0.331 e. The van der Waals surface area contributed by atoms with Crippen LogP contribution in [-0.4, -0.2) is 74.7 Å². The summed E-state index contributed by atoms with van der Waals surface area (Å²) in [4.78, 5) is 80.7. The largest absolute Gasteiger partial charge is 0.451 e. The number of benzene rings is 6. The van der Waals surface area contributed by atoms with E-state index in [0.29, 0.717) is 17.0 Å². The Morgan fingerprint density at radius 2 is 0.734 bits per heavy atom. The van der Waals surface area contributed by atoms with Crippen LogP contribution in [0.25, 0.3) is 0 Å². The zero-order valence-corrected chi connectivity index (χ0v) is 36.9. The molecule has 2 aliphatic heterocycles. The molecule has 2 heterocycles. The minimum atomic E-state index is -1.13. The SMILES string of the molecule is CC(C)CSCC(C(=O)OC(c1ccccc1)c1ccccc1)N1C(=O)c2ccccc2C1=O.O=C(OC(c1ccccc1)c1ccccc1)C(CS)N1C(=O)c2ccccc2C1=O. The van der Waals surface area contributed by atoms with Crippen LogP contribution in [0.2, 0.25) is 0 Å². The number of nitrogens with zero attached hydrogens (tertiary/aromatic N) is 2. The molecule has 0 saturated heterocycles. The summed E-state index contributed by atoms with van der Waals surface area (Å²) in [5, 5.41) is 0. The maximum Gasteiger partial charge on any atom is 0.331 e. The average molecular weight is 891 g/mol. The fourth-order valence-electron chi connectivity index (χ4n) is 7.46. The van der Waals surface area contributed by atoms with Gasteiger partial charge in [-0.05, 0) is 58.2 Å². The van der Waals surface area contributed by atoms with Crippen LogP contribution in [0.5, 0.6) is 0 Å². The first kappa shape index (κ1) is 45.3. The van der Waals surface area contributed by atoms with Gasteiger partial charge in [0.15, 0.2) is 12.2 Å². The summed E-state index contributed by atoms with van der Waals surface area (Å²) in [5.41, 5.74) is 4.42. The van der Waals surface area contributed by atoms with Gasteiger partial charge in [0.1, 0.15) is 12.1 Å². The van der Waals surface area contributed by atoms with Gasteiger partial charge in [-0.1, -0.05) is 159 Å². The zero-order valence-electron chi connectivity index (χ0n) is 35.2. The molecule has 324 valence electrons. The summed E-state index contributed by atoms with van der Waals surface area (Å²) in [6, 6.07) is 48.6. The van der Waals surface area contributed by atoms with Gasteiger partial charge < -0.3 is 9.47 Å². The molecule has 6 aromatic carbocycles. The number of hydrogen-bond acceptors (Lipinski definition) is 10. The molecule has 0 aromatic heterocycles. The molecule has 2 aliphatic rings. The van der Waals surface area contributed by atoms with E-state index in [9.17, 15) is 28.8 Å². The van der Waals surface area contributed by atoms with Gasteiger partial charge >= 0.3 is 11.9 Å². The van der Waals surface area contributed by atoms with E-state index in [1.54, 1.807) is 48.5 Å². The monoisotopic (exact) mass is 890 g/mol. The van der Waals surface area contributed by atoms with E-state index in [1.807, 2.05) is 121 Å². The van der Waals surface area contributed by atoms with Crippen LogP contribution in [-0.2, 0) is 19.1 Å². The maximum absolute atomic E-state index is 13.6. The Morgan fingerprint density at radius 1 is 0.453 bits per heavy atom. The highest BCUT2D eigenvalue weighted by atomic mass is 32.2. The average Bonchev–Trinajstić information content (AvgIpc) is 3.73. The number of hydrogen-bond donors (Lipinski definition) is 1. The van der Waals surface area contributed by atoms with E-state index in [-0.39, 0.29) is 22.6 Å². The van der Waals surface area contributed by atoms with E-state index in [2.05, 4.69) is 26.5 Å². The van der Waals surface area contributed by atoms with E-state index in [1.165, 1.54) is 11.8 Å². The van der Waals surface area contributed by atoms with Crippen LogP contribution in [0.15, 0.2) is 170 Å². The van der Waals surface area contributed by atoms with Gasteiger partial charge in [0.2, 0.25) is 0 Å². The number of carbonyl (C=O) groups excluding carboxylic acids is 6. The molecule has 8 rings (SSSR count).